The SMILES string of the molecule is CCCc1cc(C)ccc1C(C)Cc1ccc(OC)c(OS(=O)c2cccc(F)c2)c1CC(C)C. The van der Waals surface area contributed by atoms with Gasteiger partial charge in [-0.3, -0.25) is 0 Å². The van der Waals surface area contributed by atoms with E-state index in [-0.39, 0.29) is 4.90 Å². The van der Waals surface area contributed by atoms with Crippen LogP contribution in [0.15, 0.2) is 59.5 Å². The Morgan fingerprint density at radius 3 is 2.40 bits per heavy atom. The van der Waals surface area contributed by atoms with Gasteiger partial charge in [-0.15, -0.1) is 0 Å². The predicted octanol–water partition coefficient (Wildman–Crippen LogP) is 7.74. The van der Waals surface area contributed by atoms with Crippen LogP contribution >= 0.6 is 0 Å². The van der Waals surface area contributed by atoms with Crippen molar-refractivity contribution < 1.29 is 17.5 Å². The molecule has 0 fully saturated rings. The zero-order valence-electron chi connectivity index (χ0n) is 21.7. The molecule has 3 aromatic rings. The van der Waals surface area contributed by atoms with Crippen LogP contribution in [0.25, 0.3) is 0 Å². The second-order valence-electron chi connectivity index (χ2n) is 9.67. The molecule has 3 rings (SSSR count). The number of hydrogen-bond donors (Lipinski definition) is 0. The molecule has 0 N–H and O–H groups in total. The molecule has 188 valence electrons. The maximum Gasteiger partial charge on any atom is 0.240 e. The summed E-state index contributed by atoms with van der Waals surface area (Å²) in [5.41, 5.74) is 6.21. The fourth-order valence-corrected chi connectivity index (χ4v) is 5.39. The molecule has 0 aliphatic carbocycles. The van der Waals surface area contributed by atoms with E-state index >= 15 is 0 Å². The first-order valence-corrected chi connectivity index (χ1v) is 13.4. The number of hydrogen-bond acceptors (Lipinski definition) is 3. The quantitative estimate of drug-likeness (QED) is 0.272. The fourth-order valence-electron chi connectivity index (χ4n) is 4.56. The topological polar surface area (TPSA) is 35.5 Å². The minimum absolute atomic E-state index is 0.283. The van der Waals surface area contributed by atoms with Crippen molar-refractivity contribution in [1.29, 1.82) is 0 Å². The minimum atomic E-state index is -1.87. The number of aryl methyl sites for hydroxylation is 2. The first-order chi connectivity index (χ1) is 16.7. The molecule has 0 heterocycles. The van der Waals surface area contributed by atoms with Gasteiger partial charge in [0.05, 0.1) is 12.0 Å². The Morgan fingerprint density at radius 2 is 1.74 bits per heavy atom. The van der Waals surface area contributed by atoms with Crippen molar-refractivity contribution >= 4 is 11.1 Å². The third-order valence-corrected chi connectivity index (χ3v) is 7.13. The summed E-state index contributed by atoms with van der Waals surface area (Å²) < 4.78 is 38.4. The molecule has 5 heteroatoms. The van der Waals surface area contributed by atoms with Crippen molar-refractivity contribution in [1.82, 2.24) is 0 Å². The molecule has 3 nitrogen and oxygen atoms in total. The summed E-state index contributed by atoms with van der Waals surface area (Å²) in [6.45, 7) is 10.9. The van der Waals surface area contributed by atoms with E-state index in [0.29, 0.717) is 23.3 Å². The Morgan fingerprint density at radius 1 is 0.971 bits per heavy atom. The monoisotopic (exact) mass is 496 g/mol. The highest BCUT2D eigenvalue weighted by Crippen LogP contribution is 2.39. The molecule has 0 aliphatic heterocycles. The van der Waals surface area contributed by atoms with Crippen molar-refractivity contribution in [3.8, 4) is 11.5 Å². The smallest absolute Gasteiger partial charge is 0.240 e. The van der Waals surface area contributed by atoms with Gasteiger partial charge in [-0.05, 0) is 79.0 Å². The van der Waals surface area contributed by atoms with Crippen LogP contribution in [-0.2, 0) is 30.3 Å². The second kappa shape index (κ2) is 12.3. The van der Waals surface area contributed by atoms with E-state index in [1.165, 1.54) is 34.9 Å². The van der Waals surface area contributed by atoms with E-state index in [4.69, 9.17) is 8.92 Å². The number of rotatable bonds is 11. The van der Waals surface area contributed by atoms with Gasteiger partial charge in [0.15, 0.2) is 11.5 Å². The Kier molecular flexibility index (Phi) is 9.50. The normalized spacial score (nSPS) is 13.0. The summed E-state index contributed by atoms with van der Waals surface area (Å²) in [7, 11) is 1.58. The van der Waals surface area contributed by atoms with E-state index < -0.39 is 16.9 Å². The van der Waals surface area contributed by atoms with Gasteiger partial charge in [0.25, 0.3) is 0 Å². The highest BCUT2D eigenvalue weighted by Gasteiger charge is 2.22. The molecule has 0 aliphatic rings. The minimum Gasteiger partial charge on any atom is -0.493 e. The molecule has 0 aromatic heterocycles. The van der Waals surface area contributed by atoms with Crippen LogP contribution in [0, 0.1) is 18.7 Å². The molecule has 2 atom stereocenters. The van der Waals surface area contributed by atoms with Crippen molar-refractivity contribution in [3.63, 3.8) is 0 Å². The average Bonchev–Trinajstić information content (AvgIpc) is 2.81. The first kappa shape index (κ1) is 26.9. The zero-order valence-corrected chi connectivity index (χ0v) is 22.5. The third-order valence-electron chi connectivity index (χ3n) is 6.18. The maximum absolute atomic E-state index is 13.7. The largest absolute Gasteiger partial charge is 0.493 e. The van der Waals surface area contributed by atoms with E-state index in [9.17, 15) is 8.60 Å². The molecule has 35 heavy (non-hydrogen) atoms. The molecule has 0 bridgehead atoms. The first-order valence-electron chi connectivity index (χ1n) is 12.4. The lowest BCUT2D eigenvalue weighted by Crippen LogP contribution is -2.11. The Hall–Kier alpha value is -2.66. The maximum atomic E-state index is 13.7. The van der Waals surface area contributed by atoms with Crippen molar-refractivity contribution in [2.24, 2.45) is 5.92 Å². The molecule has 0 radical (unpaired) electrons. The lowest BCUT2D eigenvalue weighted by atomic mass is 9.85. The van der Waals surface area contributed by atoms with E-state index in [2.05, 4.69) is 58.9 Å². The van der Waals surface area contributed by atoms with Gasteiger partial charge in [-0.25, -0.2) is 8.60 Å². The molecule has 3 aromatic carbocycles. The second-order valence-corrected chi connectivity index (χ2v) is 10.8. The predicted molar refractivity (Wildman–Crippen MR) is 142 cm³/mol. The molecule has 2 unspecified atom stereocenters. The van der Waals surface area contributed by atoms with E-state index in [1.807, 2.05) is 6.07 Å². The summed E-state index contributed by atoms with van der Waals surface area (Å²) >= 11 is -1.87. The van der Waals surface area contributed by atoms with Crippen molar-refractivity contribution in [2.75, 3.05) is 7.11 Å². The van der Waals surface area contributed by atoms with Crippen LogP contribution in [0.2, 0.25) is 0 Å². The fraction of sp³-hybridized carbons (Fsp3) is 0.400. The summed E-state index contributed by atoms with van der Waals surface area (Å²) in [5.74, 6) is 1.22. The summed E-state index contributed by atoms with van der Waals surface area (Å²) in [5, 5.41) is 0. The van der Waals surface area contributed by atoms with Crippen LogP contribution in [0.3, 0.4) is 0 Å². The van der Waals surface area contributed by atoms with Gasteiger partial charge in [-0.2, -0.15) is 0 Å². The zero-order chi connectivity index (χ0) is 25.5. The van der Waals surface area contributed by atoms with Crippen LogP contribution in [0.1, 0.15) is 67.9 Å². The number of halogens is 1. The molecular formula is C30H37FO3S. The van der Waals surface area contributed by atoms with Crippen LogP contribution in [0.4, 0.5) is 4.39 Å². The van der Waals surface area contributed by atoms with Gasteiger partial charge in [0.2, 0.25) is 11.1 Å². The van der Waals surface area contributed by atoms with Crippen molar-refractivity contribution in [3.05, 3.63) is 88.2 Å². The summed E-state index contributed by atoms with van der Waals surface area (Å²) in [6.07, 6.45) is 3.75. The van der Waals surface area contributed by atoms with E-state index in [1.54, 1.807) is 13.2 Å². The lowest BCUT2D eigenvalue weighted by molar-refractivity contribution is 0.393. The van der Waals surface area contributed by atoms with E-state index in [0.717, 1.165) is 36.8 Å². The molecule has 0 saturated carbocycles. The summed E-state index contributed by atoms with van der Waals surface area (Å²) in [6, 6.07) is 16.4. The van der Waals surface area contributed by atoms with Crippen molar-refractivity contribution in [2.45, 2.75) is 71.1 Å². The Bertz CT molecular complexity index is 1170. The van der Waals surface area contributed by atoms with Crippen LogP contribution < -0.4 is 8.92 Å². The molecule has 0 spiro atoms. The average molecular weight is 497 g/mol. The van der Waals surface area contributed by atoms with Gasteiger partial charge in [-0.1, -0.05) is 70.0 Å². The summed E-state index contributed by atoms with van der Waals surface area (Å²) in [4.78, 5) is 0.283. The standard InChI is InChI=1S/C30H37FO3S/c1-7-9-23-17-21(4)12-14-27(23)22(5)18-24-13-15-29(33-6)30(28(24)16-20(2)3)34-35(32)26-11-8-10-25(31)19-26/h8,10-15,17,19-20,22H,7,9,16,18H2,1-6H3. The number of ether oxygens (including phenoxy) is 1. The molecule has 0 saturated heterocycles. The van der Waals surface area contributed by atoms with Crippen LogP contribution in [-0.4, -0.2) is 11.3 Å². The van der Waals surface area contributed by atoms with Gasteiger partial charge in [0, 0.05) is 5.56 Å². The highest BCUT2D eigenvalue weighted by molar-refractivity contribution is 7.80. The van der Waals surface area contributed by atoms with Crippen LogP contribution in [0.5, 0.6) is 11.5 Å². The number of benzene rings is 3. The van der Waals surface area contributed by atoms with Gasteiger partial charge < -0.3 is 8.92 Å². The molecule has 0 amide bonds. The Labute approximate surface area is 212 Å². The highest BCUT2D eigenvalue weighted by atomic mass is 32.2. The number of methoxy groups -OCH3 is 1. The third kappa shape index (κ3) is 6.94. The van der Waals surface area contributed by atoms with Gasteiger partial charge in [0.1, 0.15) is 5.82 Å². The molecular weight excluding hydrogens is 459 g/mol. The lowest BCUT2D eigenvalue weighted by Gasteiger charge is -2.22. The Balaban J connectivity index is 2.01. The van der Waals surface area contributed by atoms with Gasteiger partial charge >= 0.3 is 0 Å².